The Morgan fingerprint density at radius 3 is 2.53 bits per heavy atom. The molecule has 0 heterocycles. The number of benzene rings is 2. The SMILES string of the molecule is CCC12CC[C@](O)(C(F)(F)F)CC1CCCc1cc(Nc3ccc(S(C)=O)cc3)c(C=N)cc12. The lowest BCUT2D eigenvalue weighted by Gasteiger charge is -2.50. The molecule has 0 amide bonds. The highest BCUT2D eigenvalue weighted by Gasteiger charge is 2.60. The van der Waals surface area contributed by atoms with E-state index in [1.165, 1.54) is 6.21 Å². The first-order valence-electron chi connectivity index (χ1n) is 11.7. The molecule has 0 spiro atoms. The Kier molecular flexibility index (Phi) is 6.68. The van der Waals surface area contributed by atoms with Crippen molar-refractivity contribution in [1.82, 2.24) is 0 Å². The molecular weight excluding hydrogens is 461 g/mol. The van der Waals surface area contributed by atoms with Crippen LogP contribution >= 0.6 is 0 Å². The van der Waals surface area contributed by atoms with Gasteiger partial charge in [0.2, 0.25) is 0 Å². The smallest absolute Gasteiger partial charge is 0.380 e. The van der Waals surface area contributed by atoms with Gasteiger partial charge in [-0.25, -0.2) is 0 Å². The largest absolute Gasteiger partial charge is 0.417 e. The van der Waals surface area contributed by atoms with Gasteiger partial charge in [0.15, 0.2) is 5.60 Å². The van der Waals surface area contributed by atoms with E-state index in [1.807, 2.05) is 31.2 Å². The van der Waals surface area contributed by atoms with Crippen LogP contribution in [-0.4, -0.2) is 33.6 Å². The van der Waals surface area contributed by atoms with Gasteiger partial charge in [0, 0.05) is 45.1 Å². The monoisotopic (exact) mass is 492 g/mol. The van der Waals surface area contributed by atoms with Gasteiger partial charge in [0.1, 0.15) is 0 Å². The van der Waals surface area contributed by atoms with Gasteiger partial charge in [-0.1, -0.05) is 6.92 Å². The van der Waals surface area contributed by atoms with Crippen LogP contribution in [0.2, 0.25) is 0 Å². The summed E-state index contributed by atoms with van der Waals surface area (Å²) >= 11 is 0. The molecule has 4 rings (SSSR count). The Hall–Kier alpha value is -2.19. The highest BCUT2D eigenvalue weighted by atomic mass is 32.2. The fraction of sp³-hybridized carbons (Fsp3) is 0.500. The van der Waals surface area contributed by atoms with E-state index in [1.54, 1.807) is 18.4 Å². The average Bonchev–Trinajstić information content (AvgIpc) is 2.94. The summed E-state index contributed by atoms with van der Waals surface area (Å²) in [6.45, 7) is 2.02. The number of rotatable bonds is 5. The summed E-state index contributed by atoms with van der Waals surface area (Å²) in [5.41, 5.74) is 1.32. The summed E-state index contributed by atoms with van der Waals surface area (Å²) < 4.78 is 52.6. The fourth-order valence-corrected chi connectivity index (χ4v) is 6.49. The predicted molar refractivity (Wildman–Crippen MR) is 130 cm³/mol. The second-order valence-corrected chi connectivity index (χ2v) is 11.1. The van der Waals surface area contributed by atoms with Crippen LogP contribution < -0.4 is 5.32 Å². The number of nitrogens with one attached hydrogen (secondary N) is 2. The van der Waals surface area contributed by atoms with E-state index in [0.29, 0.717) is 18.4 Å². The van der Waals surface area contributed by atoms with Crippen LogP contribution in [0.4, 0.5) is 24.5 Å². The van der Waals surface area contributed by atoms with Crippen LogP contribution in [0.1, 0.15) is 62.1 Å². The molecule has 4 nitrogen and oxygen atoms in total. The molecule has 184 valence electrons. The van der Waals surface area contributed by atoms with Gasteiger partial charge in [-0.05, 0) is 104 Å². The number of alkyl halides is 3. The van der Waals surface area contributed by atoms with Crippen LogP contribution in [0.5, 0.6) is 0 Å². The summed E-state index contributed by atoms with van der Waals surface area (Å²) in [4.78, 5) is 0.729. The van der Waals surface area contributed by atoms with Gasteiger partial charge in [-0.2, -0.15) is 13.2 Å². The third kappa shape index (κ3) is 4.31. The molecule has 2 aliphatic rings. The fourth-order valence-electron chi connectivity index (χ4n) is 5.97. The van der Waals surface area contributed by atoms with E-state index in [9.17, 15) is 22.5 Å². The predicted octanol–water partition coefficient (Wildman–Crippen LogP) is 6.24. The molecule has 2 aromatic rings. The molecule has 34 heavy (non-hydrogen) atoms. The van der Waals surface area contributed by atoms with Gasteiger partial charge in [0.05, 0.1) is 0 Å². The zero-order chi connectivity index (χ0) is 24.7. The molecule has 0 radical (unpaired) electrons. The number of aryl methyl sites for hydroxylation is 1. The Bertz CT molecular complexity index is 1100. The standard InChI is InChI=1S/C26H31F3N2O2S/c1-3-24-11-12-25(32,26(27,28)29)15-19(24)6-4-5-17-14-23(18(16-30)13-22(17)24)31-20-7-9-21(10-8-20)34(2)33/h7-10,13-14,16,19,30-32H,3-6,11-12,15H2,1-2H3/t19?,24?,25-,34?/m1/s1. The van der Waals surface area contributed by atoms with Crippen LogP contribution in [0.3, 0.4) is 0 Å². The van der Waals surface area contributed by atoms with Crippen LogP contribution in [0, 0.1) is 11.3 Å². The number of fused-ring (bicyclic) bond motifs is 3. The molecule has 0 saturated heterocycles. The van der Waals surface area contributed by atoms with Crippen LogP contribution in [0.25, 0.3) is 0 Å². The first-order valence-corrected chi connectivity index (χ1v) is 13.3. The quantitative estimate of drug-likeness (QED) is 0.433. The minimum atomic E-state index is -4.63. The summed E-state index contributed by atoms with van der Waals surface area (Å²) in [7, 11) is -1.07. The summed E-state index contributed by atoms with van der Waals surface area (Å²) in [6, 6.07) is 11.3. The lowest BCUT2D eigenvalue weighted by Crippen LogP contribution is -2.54. The van der Waals surface area contributed by atoms with Crippen molar-refractivity contribution in [3.8, 4) is 0 Å². The van der Waals surface area contributed by atoms with Crippen molar-refractivity contribution in [3.05, 3.63) is 53.1 Å². The van der Waals surface area contributed by atoms with Crippen molar-refractivity contribution in [2.45, 2.75) is 74.0 Å². The van der Waals surface area contributed by atoms with E-state index in [2.05, 4.69) is 5.32 Å². The highest BCUT2D eigenvalue weighted by molar-refractivity contribution is 7.84. The molecular formula is C26H31F3N2O2S. The normalized spacial score (nSPS) is 27.8. The van der Waals surface area contributed by atoms with Crippen molar-refractivity contribution in [2.24, 2.45) is 5.92 Å². The van der Waals surface area contributed by atoms with Crippen molar-refractivity contribution in [1.29, 1.82) is 5.41 Å². The van der Waals surface area contributed by atoms with Gasteiger partial charge in [0.25, 0.3) is 0 Å². The first-order chi connectivity index (χ1) is 16.0. The molecule has 0 aromatic heterocycles. The molecule has 3 unspecified atom stereocenters. The Labute approximate surface area is 200 Å². The minimum Gasteiger partial charge on any atom is -0.380 e. The second-order valence-electron chi connectivity index (χ2n) is 9.68. The maximum absolute atomic E-state index is 13.7. The van der Waals surface area contributed by atoms with E-state index >= 15 is 0 Å². The van der Waals surface area contributed by atoms with Gasteiger partial charge in [-0.15, -0.1) is 0 Å². The third-order valence-corrected chi connectivity index (χ3v) is 8.88. The number of halogens is 3. The van der Waals surface area contributed by atoms with Crippen molar-refractivity contribution >= 4 is 28.4 Å². The molecule has 0 bridgehead atoms. The van der Waals surface area contributed by atoms with Gasteiger partial charge < -0.3 is 15.8 Å². The van der Waals surface area contributed by atoms with E-state index in [-0.39, 0.29) is 25.2 Å². The number of hydrogen-bond donors (Lipinski definition) is 3. The zero-order valence-electron chi connectivity index (χ0n) is 19.5. The molecule has 1 fully saturated rings. The zero-order valence-corrected chi connectivity index (χ0v) is 20.3. The Morgan fingerprint density at radius 2 is 1.94 bits per heavy atom. The summed E-state index contributed by atoms with van der Waals surface area (Å²) in [5.74, 6) is -0.265. The Balaban J connectivity index is 1.72. The maximum atomic E-state index is 13.7. The van der Waals surface area contributed by atoms with E-state index < -0.39 is 28.0 Å². The molecule has 3 N–H and O–H groups in total. The van der Waals surface area contributed by atoms with Gasteiger partial charge >= 0.3 is 6.18 Å². The number of aliphatic hydroxyl groups is 1. The van der Waals surface area contributed by atoms with E-state index in [4.69, 9.17) is 5.41 Å². The van der Waals surface area contributed by atoms with E-state index in [0.717, 1.165) is 40.2 Å². The minimum absolute atomic E-state index is 0.265. The van der Waals surface area contributed by atoms with Crippen LogP contribution in [-0.2, 0) is 22.6 Å². The highest BCUT2D eigenvalue weighted by Crippen LogP contribution is 2.57. The lowest BCUT2D eigenvalue weighted by molar-refractivity contribution is -0.279. The van der Waals surface area contributed by atoms with Crippen LogP contribution in [0.15, 0.2) is 41.3 Å². The van der Waals surface area contributed by atoms with Crippen molar-refractivity contribution < 1.29 is 22.5 Å². The molecule has 0 aliphatic heterocycles. The molecule has 8 heteroatoms. The van der Waals surface area contributed by atoms with Crippen molar-refractivity contribution in [3.63, 3.8) is 0 Å². The number of hydrogen-bond acceptors (Lipinski definition) is 4. The second kappa shape index (κ2) is 9.11. The summed E-state index contributed by atoms with van der Waals surface area (Å²) in [5, 5.41) is 21.8. The number of anilines is 2. The third-order valence-electron chi connectivity index (χ3n) is 7.94. The average molecular weight is 493 g/mol. The summed E-state index contributed by atoms with van der Waals surface area (Å²) in [6.07, 6.45) is 0.813. The molecule has 2 aromatic carbocycles. The van der Waals surface area contributed by atoms with Gasteiger partial charge in [-0.3, -0.25) is 4.21 Å². The topological polar surface area (TPSA) is 73.2 Å². The van der Waals surface area contributed by atoms with Crippen molar-refractivity contribution in [2.75, 3.05) is 11.6 Å². The molecule has 1 saturated carbocycles. The first kappa shape index (κ1) is 24.9. The maximum Gasteiger partial charge on any atom is 0.417 e. The Morgan fingerprint density at radius 1 is 1.24 bits per heavy atom. The molecule has 2 aliphatic carbocycles. The molecule has 4 atom stereocenters. The lowest BCUT2D eigenvalue weighted by atomic mass is 9.56.